The highest BCUT2D eigenvalue weighted by molar-refractivity contribution is 4.86. The number of hydrogen-bond acceptors (Lipinski definition) is 3. The summed E-state index contributed by atoms with van der Waals surface area (Å²) in [5.74, 6) is 0.296. The summed E-state index contributed by atoms with van der Waals surface area (Å²) in [5, 5.41) is 10.7. The van der Waals surface area contributed by atoms with Crippen LogP contribution in [0.15, 0.2) is 0 Å². The van der Waals surface area contributed by atoms with Gasteiger partial charge < -0.3 is 0 Å². The van der Waals surface area contributed by atoms with Crippen molar-refractivity contribution in [1.29, 1.82) is 5.26 Å². The predicted octanol–water partition coefficient (Wildman–Crippen LogP) is 0.356. The second kappa shape index (κ2) is 3.55. The molecule has 1 N–H and O–H groups in total. The SMILES string of the molecule is CNN1CCC(C#N)CC1. The number of hydrazine groups is 1. The van der Waals surface area contributed by atoms with E-state index >= 15 is 0 Å². The first-order valence-electron chi connectivity index (χ1n) is 3.68. The van der Waals surface area contributed by atoms with Crippen LogP contribution in [0.4, 0.5) is 0 Å². The minimum atomic E-state index is 0.296. The summed E-state index contributed by atoms with van der Waals surface area (Å²) in [6, 6.07) is 2.29. The Balaban J connectivity index is 2.25. The van der Waals surface area contributed by atoms with Gasteiger partial charge in [0.05, 0.1) is 6.07 Å². The van der Waals surface area contributed by atoms with Crippen LogP contribution in [0, 0.1) is 17.2 Å². The Bertz CT molecular complexity index is 130. The summed E-state index contributed by atoms with van der Waals surface area (Å²) in [4.78, 5) is 0. The van der Waals surface area contributed by atoms with E-state index in [-0.39, 0.29) is 0 Å². The van der Waals surface area contributed by atoms with E-state index in [1.807, 2.05) is 7.05 Å². The Labute approximate surface area is 61.6 Å². The lowest BCUT2D eigenvalue weighted by molar-refractivity contribution is 0.153. The van der Waals surface area contributed by atoms with Gasteiger partial charge in [-0.2, -0.15) is 5.26 Å². The molecule has 1 aliphatic heterocycles. The number of nitrogens with one attached hydrogen (secondary N) is 1. The van der Waals surface area contributed by atoms with Crippen LogP contribution in [0.1, 0.15) is 12.8 Å². The van der Waals surface area contributed by atoms with E-state index in [2.05, 4.69) is 16.5 Å². The third-order valence-corrected chi connectivity index (χ3v) is 1.99. The molecule has 0 aromatic heterocycles. The third-order valence-electron chi connectivity index (χ3n) is 1.99. The second-order valence-corrected chi connectivity index (χ2v) is 2.61. The zero-order chi connectivity index (χ0) is 7.40. The first-order valence-corrected chi connectivity index (χ1v) is 3.68. The van der Waals surface area contributed by atoms with Crippen LogP contribution in [0.5, 0.6) is 0 Å². The van der Waals surface area contributed by atoms with Crippen molar-refractivity contribution in [1.82, 2.24) is 10.4 Å². The van der Waals surface area contributed by atoms with Crippen molar-refractivity contribution < 1.29 is 0 Å². The fraction of sp³-hybridized carbons (Fsp3) is 0.857. The number of hydrogen-bond donors (Lipinski definition) is 1. The van der Waals surface area contributed by atoms with E-state index in [1.54, 1.807) is 0 Å². The van der Waals surface area contributed by atoms with Crippen LogP contribution in [-0.4, -0.2) is 25.1 Å². The smallest absolute Gasteiger partial charge is 0.0656 e. The van der Waals surface area contributed by atoms with Crippen LogP contribution in [0.2, 0.25) is 0 Å². The van der Waals surface area contributed by atoms with E-state index in [4.69, 9.17) is 5.26 Å². The first-order chi connectivity index (χ1) is 4.86. The second-order valence-electron chi connectivity index (χ2n) is 2.61. The van der Waals surface area contributed by atoms with Gasteiger partial charge in [0.2, 0.25) is 0 Å². The Kier molecular flexibility index (Phi) is 2.67. The van der Waals surface area contributed by atoms with E-state index in [1.165, 1.54) is 0 Å². The quantitative estimate of drug-likeness (QED) is 0.570. The van der Waals surface area contributed by atoms with Crippen LogP contribution < -0.4 is 5.43 Å². The van der Waals surface area contributed by atoms with Gasteiger partial charge >= 0.3 is 0 Å². The van der Waals surface area contributed by atoms with Crippen molar-refractivity contribution in [2.24, 2.45) is 5.92 Å². The van der Waals surface area contributed by atoms with E-state index in [0.717, 1.165) is 25.9 Å². The molecule has 0 amide bonds. The molecule has 1 heterocycles. The van der Waals surface area contributed by atoms with Crippen molar-refractivity contribution in [3.05, 3.63) is 0 Å². The fourth-order valence-corrected chi connectivity index (χ4v) is 1.23. The average Bonchev–Trinajstić information content (AvgIpc) is 2.05. The molecule has 1 rings (SSSR count). The number of nitriles is 1. The van der Waals surface area contributed by atoms with Crippen LogP contribution in [0.25, 0.3) is 0 Å². The molecule has 0 bridgehead atoms. The molecule has 0 aliphatic carbocycles. The van der Waals surface area contributed by atoms with Gasteiger partial charge in [-0.1, -0.05) is 0 Å². The molecule has 3 heteroatoms. The van der Waals surface area contributed by atoms with Crippen LogP contribution in [-0.2, 0) is 0 Å². The maximum Gasteiger partial charge on any atom is 0.0656 e. The molecule has 0 saturated carbocycles. The van der Waals surface area contributed by atoms with Gasteiger partial charge in [0.15, 0.2) is 0 Å². The van der Waals surface area contributed by atoms with Crippen molar-refractivity contribution in [3.63, 3.8) is 0 Å². The van der Waals surface area contributed by atoms with Crippen molar-refractivity contribution in [3.8, 4) is 6.07 Å². The molecule has 3 nitrogen and oxygen atoms in total. The first kappa shape index (κ1) is 7.52. The lowest BCUT2D eigenvalue weighted by atomic mass is 10.00. The normalized spacial score (nSPS) is 22.4. The lowest BCUT2D eigenvalue weighted by Crippen LogP contribution is -2.41. The van der Waals surface area contributed by atoms with Crippen LogP contribution in [0.3, 0.4) is 0 Å². The topological polar surface area (TPSA) is 39.1 Å². The van der Waals surface area contributed by atoms with E-state index in [0.29, 0.717) is 5.92 Å². The molecule has 0 unspecified atom stereocenters. The molecule has 1 aliphatic rings. The Morgan fingerprint density at radius 2 is 2.10 bits per heavy atom. The van der Waals surface area contributed by atoms with Gasteiger partial charge in [0.25, 0.3) is 0 Å². The third kappa shape index (κ3) is 1.69. The molecular formula is C7H13N3. The fourth-order valence-electron chi connectivity index (χ4n) is 1.23. The highest BCUT2D eigenvalue weighted by atomic mass is 15.5. The molecule has 0 radical (unpaired) electrons. The van der Waals surface area contributed by atoms with Gasteiger partial charge in [-0.05, 0) is 19.9 Å². The summed E-state index contributed by atoms with van der Waals surface area (Å²) >= 11 is 0. The summed E-state index contributed by atoms with van der Waals surface area (Å²) in [5.41, 5.74) is 3.07. The monoisotopic (exact) mass is 139 g/mol. The van der Waals surface area contributed by atoms with Gasteiger partial charge in [-0.25, -0.2) is 5.01 Å². The van der Waals surface area contributed by atoms with Crippen molar-refractivity contribution in [2.45, 2.75) is 12.8 Å². The standard InChI is InChI=1S/C7H13N3/c1-9-10-4-2-7(6-8)3-5-10/h7,9H,2-5H2,1H3. The minimum Gasteiger partial charge on any atom is -0.258 e. The predicted molar refractivity (Wildman–Crippen MR) is 39.0 cm³/mol. The maximum atomic E-state index is 8.56. The molecule has 0 atom stereocenters. The van der Waals surface area contributed by atoms with Gasteiger partial charge in [-0.3, -0.25) is 5.43 Å². The van der Waals surface area contributed by atoms with Crippen molar-refractivity contribution >= 4 is 0 Å². The molecule has 0 aromatic carbocycles. The number of rotatable bonds is 1. The van der Waals surface area contributed by atoms with Crippen molar-refractivity contribution in [2.75, 3.05) is 20.1 Å². The van der Waals surface area contributed by atoms with Gasteiger partial charge in [0, 0.05) is 19.0 Å². The van der Waals surface area contributed by atoms with Crippen LogP contribution >= 0.6 is 0 Å². The zero-order valence-electron chi connectivity index (χ0n) is 6.30. The molecule has 0 spiro atoms. The largest absolute Gasteiger partial charge is 0.258 e. The number of piperidine rings is 1. The molecule has 1 fully saturated rings. The average molecular weight is 139 g/mol. The Morgan fingerprint density at radius 3 is 2.50 bits per heavy atom. The summed E-state index contributed by atoms with van der Waals surface area (Å²) in [6.07, 6.45) is 2.02. The summed E-state index contributed by atoms with van der Waals surface area (Å²) < 4.78 is 0. The molecule has 1 saturated heterocycles. The highest BCUT2D eigenvalue weighted by Crippen LogP contribution is 2.13. The number of nitrogens with zero attached hydrogens (tertiary/aromatic N) is 2. The maximum absolute atomic E-state index is 8.56. The Morgan fingerprint density at radius 1 is 1.50 bits per heavy atom. The zero-order valence-corrected chi connectivity index (χ0v) is 6.30. The molecule has 10 heavy (non-hydrogen) atoms. The molecule has 0 aromatic rings. The summed E-state index contributed by atoms with van der Waals surface area (Å²) in [6.45, 7) is 2.02. The van der Waals surface area contributed by atoms with E-state index in [9.17, 15) is 0 Å². The molecule has 56 valence electrons. The van der Waals surface area contributed by atoms with E-state index < -0.39 is 0 Å². The minimum absolute atomic E-state index is 0.296. The lowest BCUT2D eigenvalue weighted by Gasteiger charge is -2.27. The van der Waals surface area contributed by atoms with Gasteiger partial charge in [-0.15, -0.1) is 0 Å². The van der Waals surface area contributed by atoms with Gasteiger partial charge in [0.1, 0.15) is 0 Å². The Hall–Kier alpha value is -0.590. The highest BCUT2D eigenvalue weighted by Gasteiger charge is 2.16. The summed E-state index contributed by atoms with van der Waals surface area (Å²) in [7, 11) is 1.92. The molecular weight excluding hydrogens is 126 g/mol.